The molecule has 0 aliphatic carbocycles. The summed E-state index contributed by atoms with van der Waals surface area (Å²) in [6.07, 6.45) is 4.53. The van der Waals surface area contributed by atoms with Gasteiger partial charge in [0.15, 0.2) is 6.29 Å². The van der Waals surface area contributed by atoms with Gasteiger partial charge in [-0.05, 0) is 36.3 Å². The first kappa shape index (κ1) is 18.4. The van der Waals surface area contributed by atoms with E-state index < -0.39 is 0 Å². The second-order valence-corrected chi connectivity index (χ2v) is 7.69. The Bertz CT molecular complexity index is 533. The van der Waals surface area contributed by atoms with Crippen LogP contribution in [0.1, 0.15) is 57.6 Å². The molecule has 1 fully saturated rings. The third kappa shape index (κ3) is 3.96. The Labute approximate surface area is 147 Å². The van der Waals surface area contributed by atoms with Crippen molar-refractivity contribution in [1.82, 2.24) is 10.2 Å². The number of halogens is 1. The minimum absolute atomic E-state index is 0. The summed E-state index contributed by atoms with van der Waals surface area (Å²) in [7, 11) is 0. The Hall–Kier alpha value is -0.900. The lowest BCUT2D eigenvalue weighted by Gasteiger charge is -2.32. The van der Waals surface area contributed by atoms with Crippen LogP contribution in [-0.2, 0) is 5.41 Å². The standard InChI is InChI=1S/C19H29N3.ClH/c1-14-17(10-13-22(14)18-20-11-5-12-21-18)15-6-8-16(9-7-15)19(2,3)4;/h6-9,11,14,17-18,21H,5,10,12-13H2,1-4H3;1H. The number of nitrogens with one attached hydrogen (secondary N) is 1. The molecule has 0 amide bonds. The van der Waals surface area contributed by atoms with Crippen molar-refractivity contribution in [2.24, 2.45) is 4.99 Å². The summed E-state index contributed by atoms with van der Waals surface area (Å²) in [6, 6.07) is 9.82. The first-order chi connectivity index (χ1) is 10.5. The number of nitrogens with zero attached hydrogens (tertiary/aromatic N) is 2. The summed E-state index contributed by atoms with van der Waals surface area (Å²) < 4.78 is 0. The smallest absolute Gasteiger partial charge is 0.155 e. The van der Waals surface area contributed by atoms with Crippen molar-refractivity contribution in [3.63, 3.8) is 0 Å². The normalized spacial score (nSPS) is 28.6. The van der Waals surface area contributed by atoms with Crippen molar-refractivity contribution in [2.45, 2.75) is 64.2 Å². The minimum Gasteiger partial charge on any atom is -0.283 e. The fourth-order valence-corrected chi connectivity index (χ4v) is 3.69. The molecule has 128 valence electrons. The molecule has 23 heavy (non-hydrogen) atoms. The highest BCUT2D eigenvalue weighted by molar-refractivity contribution is 5.85. The lowest BCUT2D eigenvalue weighted by molar-refractivity contribution is 0.157. The molecular formula is C19H30ClN3. The van der Waals surface area contributed by atoms with Gasteiger partial charge in [0.05, 0.1) is 0 Å². The Balaban J connectivity index is 0.00000192. The van der Waals surface area contributed by atoms with Crippen LogP contribution in [-0.4, -0.2) is 36.5 Å². The molecule has 0 aromatic heterocycles. The zero-order valence-corrected chi connectivity index (χ0v) is 15.6. The summed E-state index contributed by atoms with van der Waals surface area (Å²) in [5.41, 5.74) is 3.12. The molecule has 0 bridgehead atoms. The van der Waals surface area contributed by atoms with E-state index in [0.29, 0.717) is 12.0 Å². The van der Waals surface area contributed by atoms with Gasteiger partial charge in [0.25, 0.3) is 0 Å². The summed E-state index contributed by atoms with van der Waals surface area (Å²) in [4.78, 5) is 7.14. The molecule has 2 heterocycles. The van der Waals surface area contributed by atoms with E-state index >= 15 is 0 Å². The van der Waals surface area contributed by atoms with Gasteiger partial charge < -0.3 is 0 Å². The maximum atomic E-state index is 4.63. The molecule has 3 nitrogen and oxygen atoms in total. The van der Waals surface area contributed by atoms with Gasteiger partial charge in [-0.1, -0.05) is 45.0 Å². The largest absolute Gasteiger partial charge is 0.283 e. The van der Waals surface area contributed by atoms with Crippen LogP contribution in [0.3, 0.4) is 0 Å². The maximum Gasteiger partial charge on any atom is 0.155 e. The van der Waals surface area contributed by atoms with Crippen molar-refractivity contribution < 1.29 is 0 Å². The van der Waals surface area contributed by atoms with E-state index in [1.54, 1.807) is 0 Å². The van der Waals surface area contributed by atoms with Crippen molar-refractivity contribution in [2.75, 3.05) is 13.1 Å². The topological polar surface area (TPSA) is 27.6 Å². The molecule has 1 N–H and O–H groups in total. The first-order valence-corrected chi connectivity index (χ1v) is 8.58. The molecule has 3 atom stereocenters. The molecule has 2 aliphatic heterocycles. The Morgan fingerprint density at radius 2 is 1.87 bits per heavy atom. The third-order valence-electron chi connectivity index (χ3n) is 5.17. The quantitative estimate of drug-likeness (QED) is 0.886. The minimum atomic E-state index is 0. The van der Waals surface area contributed by atoms with Gasteiger partial charge in [-0.25, -0.2) is 0 Å². The Morgan fingerprint density at radius 3 is 2.43 bits per heavy atom. The molecule has 0 saturated carbocycles. The predicted octanol–water partition coefficient (Wildman–Crippen LogP) is 3.93. The number of benzene rings is 1. The fraction of sp³-hybridized carbons (Fsp3) is 0.632. The molecule has 2 aliphatic rings. The highest BCUT2D eigenvalue weighted by Gasteiger charge is 2.36. The molecule has 4 heteroatoms. The van der Waals surface area contributed by atoms with E-state index in [0.717, 1.165) is 19.5 Å². The van der Waals surface area contributed by atoms with Gasteiger partial charge in [0.2, 0.25) is 0 Å². The molecule has 1 aromatic rings. The van der Waals surface area contributed by atoms with Crippen molar-refractivity contribution >= 4 is 18.6 Å². The molecule has 1 aromatic carbocycles. The van der Waals surface area contributed by atoms with Gasteiger partial charge in [-0.2, -0.15) is 0 Å². The molecule has 3 rings (SSSR count). The molecule has 1 saturated heterocycles. The molecule has 3 unspecified atom stereocenters. The van der Waals surface area contributed by atoms with E-state index in [2.05, 4.69) is 73.4 Å². The number of rotatable bonds is 2. The van der Waals surface area contributed by atoms with Gasteiger partial charge >= 0.3 is 0 Å². The number of aliphatic imine (C=N–C) groups is 1. The molecular weight excluding hydrogens is 306 g/mol. The monoisotopic (exact) mass is 335 g/mol. The SMILES string of the molecule is CC1C(c2ccc(C(C)(C)C)cc2)CCN1C1N=CCCN1.Cl. The van der Waals surface area contributed by atoms with Gasteiger partial charge in [0.1, 0.15) is 0 Å². The summed E-state index contributed by atoms with van der Waals surface area (Å²) in [5, 5.41) is 3.52. The maximum absolute atomic E-state index is 4.63. The average molecular weight is 336 g/mol. The predicted molar refractivity (Wildman–Crippen MR) is 101 cm³/mol. The van der Waals surface area contributed by atoms with Crippen LogP contribution in [0.5, 0.6) is 0 Å². The van der Waals surface area contributed by atoms with E-state index in [4.69, 9.17) is 0 Å². The van der Waals surface area contributed by atoms with Crippen molar-refractivity contribution in [3.05, 3.63) is 35.4 Å². The second-order valence-electron chi connectivity index (χ2n) is 7.69. The van der Waals surface area contributed by atoms with Crippen LogP contribution < -0.4 is 5.32 Å². The number of hydrogen-bond donors (Lipinski definition) is 1. The van der Waals surface area contributed by atoms with Crippen LogP contribution in [0.4, 0.5) is 0 Å². The van der Waals surface area contributed by atoms with E-state index in [1.165, 1.54) is 17.5 Å². The van der Waals surface area contributed by atoms with Crippen LogP contribution in [0.2, 0.25) is 0 Å². The van der Waals surface area contributed by atoms with Gasteiger partial charge in [-0.15, -0.1) is 12.4 Å². The molecule has 0 radical (unpaired) electrons. The zero-order valence-electron chi connectivity index (χ0n) is 14.7. The highest BCUT2D eigenvalue weighted by Crippen LogP contribution is 2.35. The lowest BCUT2D eigenvalue weighted by atomic mass is 9.84. The fourth-order valence-electron chi connectivity index (χ4n) is 3.69. The van der Waals surface area contributed by atoms with Crippen LogP contribution in [0, 0.1) is 0 Å². The summed E-state index contributed by atoms with van der Waals surface area (Å²) in [6.45, 7) is 11.3. The van der Waals surface area contributed by atoms with Gasteiger partial charge in [-0.3, -0.25) is 15.2 Å². The van der Waals surface area contributed by atoms with E-state index in [1.807, 2.05) is 0 Å². The summed E-state index contributed by atoms with van der Waals surface area (Å²) >= 11 is 0. The van der Waals surface area contributed by atoms with Crippen molar-refractivity contribution in [3.8, 4) is 0 Å². The van der Waals surface area contributed by atoms with E-state index in [-0.39, 0.29) is 24.1 Å². The Morgan fingerprint density at radius 1 is 1.17 bits per heavy atom. The van der Waals surface area contributed by atoms with Gasteiger partial charge in [0, 0.05) is 31.3 Å². The average Bonchev–Trinajstić information content (AvgIpc) is 2.89. The first-order valence-electron chi connectivity index (χ1n) is 8.58. The lowest BCUT2D eigenvalue weighted by Crippen LogP contribution is -2.48. The highest BCUT2D eigenvalue weighted by atomic mass is 35.5. The Kier molecular flexibility index (Phi) is 5.88. The van der Waals surface area contributed by atoms with E-state index in [9.17, 15) is 0 Å². The second kappa shape index (κ2) is 7.33. The van der Waals surface area contributed by atoms with Crippen LogP contribution in [0.25, 0.3) is 0 Å². The third-order valence-corrected chi connectivity index (χ3v) is 5.17. The number of hydrogen-bond acceptors (Lipinski definition) is 3. The molecule has 0 spiro atoms. The summed E-state index contributed by atoms with van der Waals surface area (Å²) in [5.74, 6) is 0.618. The van der Waals surface area contributed by atoms with Crippen LogP contribution in [0.15, 0.2) is 29.3 Å². The number of likely N-dealkylation sites (tertiary alicyclic amines) is 1. The van der Waals surface area contributed by atoms with Crippen LogP contribution >= 0.6 is 12.4 Å². The van der Waals surface area contributed by atoms with Crippen molar-refractivity contribution in [1.29, 1.82) is 0 Å². The zero-order chi connectivity index (χ0) is 15.7.